The first-order valence-corrected chi connectivity index (χ1v) is 10.5. The van der Waals surface area contributed by atoms with Gasteiger partial charge in [-0.15, -0.1) is 0 Å². The lowest BCUT2D eigenvalue weighted by atomic mass is 10.0. The van der Waals surface area contributed by atoms with Crippen molar-refractivity contribution in [2.24, 2.45) is 0 Å². The fourth-order valence-corrected chi connectivity index (χ4v) is 3.65. The lowest BCUT2D eigenvalue weighted by Crippen LogP contribution is -2.14. The van der Waals surface area contributed by atoms with Crippen LogP contribution in [0.25, 0.3) is 10.8 Å². The largest absolute Gasteiger partial charge is 0.478 e. The van der Waals surface area contributed by atoms with Gasteiger partial charge >= 0.3 is 11.9 Å². The maximum absolute atomic E-state index is 12.9. The van der Waals surface area contributed by atoms with Crippen molar-refractivity contribution in [1.29, 1.82) is 0 Å². The first-order valence-electron chi connectivity index (χ1n) is 10.5. The quantitative estimate of drug-likeness (QED) is 0.148. The smallest absolute Gasteiger partial charge is 0.344 e. The first kappa shape index (κ1) is 23.0. The molecule has 0 saturated heterocycles. The number of aromatic carboxylic acids is 1. The molecule has 0 atom stereocenters. The minimum atomic E-state index is -1.21. The molecular formula is C27H22O7. The van der Waals surface area contributed by atoms with Gasteiger partial charge in [0.1, 0.15) is 23.9 Å². The second-order valence-electron chi connectivity index (χ2n) is 7.84. The van der Waals surface area contributed by atoms with Crippen molar-refractivity contribution in [1.82, 2.24) is 0 Å². The van der Waals surface area contributed by atoms with Crippen molar-refractivity contribution < 1.29 is 34.3 Å². The number of rotatable bonds is 7. The first-order chi connectivity index (χ1) is 16.4. The minimum absolute atomic E-state index is 0.0229. The third-order valence-electron chi connectivity index (χ3n) is 5.33. The fourth-order valence-electron chi connectivity index (χ4n) is 3.65. The fraction of sp³-hybridized carbons (Fsp3) is 0.111. The second-order valence-corrected chi connectivity index (χ2v) is 7.84. The zero-order valence-corrected chi connectivity index (χ0v) is 18.6. The predicted octanol–water partition coefficient (Wildman–Crippen LogP) is 6.16. The second kappa shape index (κ2) is 9.74. The van der Waals surface area contributed by atoms with Crippen LogP contribution in [0.3, 0.4) is 0 Å². The highest BCUT2D eigenvalue weighted by molar-refractivity contribution is 6.04. The van der Waals surface area contributed by atoms with Gasteiger partial charge in [-0.05, 0) is 49.7 Å². The number of benzene rings is 4. The highest BCUT2D eigenvalue weighted by atomic mass is 17.1. The van der Waals surface area contributed by atoms with Crippen LogP contribution in [0.1, 0.15) is 37.4 Å². The van der Waals surface area contributed by atoms with Crippen LogP contribution in [0.15, 0.2) is 72.8 Å². The number of esters is 1. The molecule has 0 spiro atoms. The summed E-state index contributed by atoms with van der Waals surface area (Å²) in [4.78, 5) is 28.8. The average Bonchev–Trinajstić information content (AvgIpc) is 2.82. The van der Waals surface area contributed by atoms with Gasteiger partial charge in [0.2, 0.25) is 0 Å². The summed E-state index contributed by atoms with van der Waals surface area (Å²) in [7, 11) is 0. The van der Waals surface area contributed by atoms with E-state index in [1.807, 2.05) is 31.2 Å². The standard InChI is InChI=1S/C27H22O7/c1-16-8-10-21(26(28)29)22(13-16)27(30)34-24-12-11-23(19-5-3-4-6-20(19)24)33-25-14-17(2)7-9-18(25)15-32-31/h3-14,31H,15H2,1-2H3,(H,28,29). The van der Waals surface area contributed by atoms with E-state index in [1.165, 1.54) is 12.1 Å². The Bertz CT molecular complexity index is 1390. The molecule has 2 N–H and O–H groups in total. The molecule has 7 heteroatoms. The van der Waals surface area contributed by atoms with Crippen LogP contribution in [0, 0.1) is 13.8 Å². The van der Waals surface area contributed by atoms with E-state index in [0.717, 1.165) is 11.1 Å². The summed E-state index contributed by atoms with van der Waals surface area (Å²) in [5.41, 5.74) is 2.22. The van der Waals surface area contributed by atoms with Gasteiger partial charge in [-0.1, -0.05) is 48.0 Å². The number of carbonyl (C=O) groups excluding carboxylic acids is 1. The van der Waals surface area contributed by atoms with E-state index >= 15 is 0 Å². The summed E-state index contributed by atoms with van der Waals surface area (Å²) in [5.74, 6) is -0.659. The topological polar surface area (TPSA) is 102 Å². The van der Waals surface area contributed by atoms with Crippen LogP contribution >= 0.6 is 0 Å². The molecular weight excluding hydrogens is 436 g/mol. The number of carboxylic acids is 1. The molecule has 4 aromatic carbocycles. The van der Waals surface area contributed by atoms with E-state index in [9.17, 15) is 14.7 Å². The predicted molar refractivity (Wildman–Crippen MR) is 126 cm³/mol. The SMILES string of the molecule is Cc1ccc(COO)c(Oc2ccc(OC(=O)c3cc(C)ccc3C(=O)O)c3ccccc23)c1. The third-order valence-corrected chi connectivity index (χ3v) is 5.33. The molecule has 0 saturated carbocycles. The maximum atomic E-state index is 12.9. The van der Waals surface area contributed by atoms with Gasteiger partial charge in [0.05, 0.1) is 11.1 Å². The van der Waals surface area contributed by atoms with E-state index in [1.54, 1.807) is 43.3 Å². The lowest BCUT2D eigenvalue weighted by molar-refractivity contribution is -0.253. The van der Waals surface area contributed by atoms with Crippen LogP contribution in [0.4, 0.5) is 0 Å². The number of carbonyl (C=O) groups is 2. The number of fused-ring (bicyclic) bond motifs is 1. The Hall–Kier alpha value is -4.20. The highest BCUT2D eigenvalue weighted by Crippen LogP contribution is 2.37. The van der Waals surface area contributed by atoms with Crippen LogP contribution in [-0.2, 0) is 11.5 Å². The molecule has 0 unspecified atom stereocenters. The van der Waals surface area contributed by atoms with Crippen LogP contribution in [-0.4, -0.2) is 22.3 Å². The van der Waals surface area contributed by atoms with Crippen molar-refractivity contribution in [3.8, 4) is 17.2 Å². The van der Waals surface area contributed by atoms with Crippen LogP contribution in [0.5, 0.6) is 17.2 Å². The molecule has 172 valence electrons. The monoisotopic (exact) mass is 458 g/mol. The van der Waals surface area contributed by atoms with Crippen molar-refractivity contribution in [3.63, 3.8) is 0 Å². The molecule has 0 aliphatic carbocycles. The Morgan fingerprint density at radius 3 is 2.12 bits per heavy atom. The van der Waals surface area contributed by atoms with Crippen LogP contribution < -0.4 is 9.47 Å². The number of hydrogen-bond acceptors (Lipinski definition) is 6. The van der Waals surface area contributed by atoms with Crippen LogP contribution in [0.2, 0.25) is 0 Å². The number of aryl methyl sites for hydroxylation is 2. The molecule has 0 radical (unpaired) electrons. The Morgan fingerprint density at radius 1 is 0.765 bits per heavy atom. The highest BCUT2D eigenvalue weighted by Gasteiger charge is 2.20. The summed E-state index contributed by atoms with van der Waals surface area (Å²) in [6.07, 6.45) is 0. The summed E-state index contributed by atoms with van der Waals surface area (Å²) in [6, 6.07) is 20.6. The van der Waals surface area contributed by atoms with E-state index in [0.29, 0.717) is 27.8 Å². The summed E-state index contributed by atoms with van der Waals surface area (Å²) >= 11 is 0. The number of carboxylic acid groups (broad SMARTS) is 1. The molecule has 4 rings (SSSR count). The van der Waals surface area contributed by atoms with Crippen molar-refractivity contribution >= 4 is 22.7 Å². The molecule has 7 nitrogen and oxygen atoms in total. The van der Waals surface area contributed by atoms with Crippen molar-refractivity contribution in [3.05, 3.63) is 101 Å². The zero-order valence-electron chi connectivity index (χ0n) is 18.6. The number of hydrogen-bond donors (Lipinski definition) is 2. The van der Waals surface area contributed by atoms with Crippen molar-refractivity contribution in [2.75, 3.05) is 0 Å². The molecule has 0 bridgehead atoms. The molecule has 0 heterocycles. The Balaban J connectivity index is 1.72. The molecule has 0 aromatic heterocycles. The number of ether oxygens (including phenoxy) is 2. The lowest BCUT2D eigenvalue weighted by Gasteiger charge is -2.15. The minimum Gasteiger partial charge on any atom is -0.478 e. The Kier molecular flexibility index (Phi) is 6.58. The molecule has 4 aromatic rings. The van der Waals surface area contributed by atoms with E-state index in [4.69, 9.17) is 14.7 Å². The summed E-state index contributed by atoms with van der Waals surface area (Å²) < 4.78 is 11.8. The molecule has 0 aliphatic rings. The molecule has 0 aliphatic heterocycles. The van der Waals surface area contributed by atoms with Gasteiger partial charge in [0.25, 0.3) is 0 Å². The Labute approximate surface area is 195 Å². The van der Waals surface area contributed by atoms with E-state index in [2.05, 4.69) is 4.89 Å². The van der Waals surface area contributed by atoms with Gasteiger partial charge < -0.3 is 14.6 Å². The van der Waals surface area contributed by atoms with Gasteiger partial charge in [-0.3, -0.25) is 5.26 Å². The van der Waals surface area contributed by atoms with Crippen molar-refractivity contribution in [2.45, 2.75) is 20.5 Å². The summed E-state index contributed by atoms with van der Waals surface area (Å²) in [6.45, 7) is 3.66. The normalized spacial score (nSPS) is 10.8. The van der Waals surface area contributed by atoms with Gasteiger partial charge in [-0.2, -0.15) is 0 Å². The maximum Gasteiger partial charge on any atom is 0.344 e. The summed E-state index contributed by atoms with van der Waals surface area (Å²) in [5, 5.41) is 19.7. The van der Waals surface area contributed by atoms with E-state index < -0.39 is 11.9 Å². The Morgan fingerprint density at radius 2 is 1.41 bits per heavy atom. The molecule has 0 fully saturated rings. The molecule has 0 amide bonds. The van der Waals surface area contributed by atoms with Gasteiger partial charge in [0, 0.05) is 16.3 Å². The molecule has 34 heavy (non-hydrogen) atoms. The third kappa shape index (κ3) is 4.76. The average molecular weight is 458 g/mol. The van der Waals surface area contributed by atoms with Gasteiger partial charge in [-0.25, -0.2) is 14.5 Å². The zero-order chi connectivity index (χ0) is 24.2. The van der Waals surface area contributed by atoms with Gasteiger partial charge in [0.15, 0.2) is 0 Å². The van der Waals surface area contributed by atoms with E-state index in [-0.39, 0.29) is 23.5 Å².